The van der Waals surface area contributed by atoms with E-state index >= 15 is 0 Å². The minimum atomic E-state index is -0.671. The van der Waals surface area contributed by atoms with Gasteiger partial charge in [0.2, 0.25) is 0 Å². The molecule has 0 spiro atoms. The third-order valence-corrected chi connectivity index (χ3v) is 17.1. The van der Waals surface area contributed by atoms with Crippen LogP contribution in [0.5, 0.6) is 0 Å². The summed E-state index contributed by atoms with van der Waals surface area (Å²) in [5.74, 6) is 3.38. The lowest BCUT2D eigenvalue weighted by Crippen LogP contribution is -2.66. The number of nitrogens with zero attached hydrogens (tertiary/aromatic N) is 1. The van der Waals surface area contributed by atoms with Crippen molar-refractivity contribution in [1.82, 2.24) is 4.90 Å². The molecular formula is C44H75NO3. The first-order valence-electron chi connectivity index (χ1n) is 20.4. The quantitative estimate of drug-likeness (QED) is 0.154. The van der Waals surface area contributed by atoms with Gasteiger partial charge in [0.1, 0.15) is 11.9 Å². The van der Waals surface area contributed by atoms with E-state index in [1.807, 2.05) is 13.8 Å². The maximum Gasteiger partial charge on any atom is 0.307 e. The molecule has 274 valence electrons. The van der Waals surface area contributed by atoms with Crippen LogP contribution in [0.4, 0.5) is 0 Å². The topological polar surface area (TPSA) is 46.6 Å². The number of Topliss-reactive ketones (excluding diaryl/α,β-unsaturated/α-hetero) is 1. The average Bonchev–Trinajstić information content (AvgIpc) is 3.38. The van der Waals surface area contributed by atoms with Crippen molar-refractivity contribution >= 4 is 11.8 Å². The second-order valence-electron chi connectivity index (χ2n) is 20.0. The van der Waals surface area contributed by atoms with Crippen LogP contribution < -0.4 is 0 Å². The van der Waals surface area contributed by atoms with Gasteiger partial charge >= 0.3 is 5.97 Å². The summed E-state index contributed by atoms with van der Waals surface area (Å²) in [6.45, 7) is 33.6. The summed E-state index contributed by atoms with van der Waals surface area (Å²) < 4.78 is 6.31. The number of hydrogen-bond acceptors (Lipinski definition) is 4. The highest BCUT2D eigenvalue weighted by Gasteiger charge is 2.71. The third kappa shape index (κ3) is 6.10. The molecular weight excluding hydrogens is 590 g/mol. The Labute approximate surface area is 296 Å². The number of allylic oxidation sites excluding steroid dienone is 1. The van der Waals surface area contributed by atoms with Crippen molar-refractivity contribution < 1.29 is 14.3 Å². The van der Waals surface area contributed by atoms with Gasteiger partial charge in [0.05, 0.1) is 6.42 Å². The highest BCUT2D eigenvalue weighted by atomic mass is 16.5. The minimum absolute atomic E-state index is 0.0489. The lowest BCUT2D eigenvalue weighted by Gasteiger charge is -2.73. The number of ether oxygens (including phenoxy) is 1. The van der Waals surface area contributed by atoms with E-state index in [0.717, 1.165) is 24.7 Å². The average molecular weight is 666 g/mol. The van der Waals surface area contributed by atoms with Crippen LogP contribution in [0.1, 0.15) is 166 Å². The molecule has 0 aromatic rings. The van der Waals surface area contributed by atoms with E-state index in [4.69, 9.17) is 4.74 Å². The lowest BCUT2D eigenvalue weighted by molar-refractivity contribution is -0.250. The van der Waals surface area contributed by atoms with Crippen LogP contribution in [0.3, 0.4) is 0 Å². The zero-order valence-electron chi connectivity index (χ0n) is 33.4. The second-order valence-corrected chi connectivity index (χ2v) is 20.0. The van der Waals surface area contributed by atoms with Crippen molar-refractivity contribution in [1.29, 1.82) is 0 Å². The van der Waals surface area contributed by atoms with Gasteiger partial charge in [-0.1, -0.05) is 74.5 Å². The van der Waals surface area contributed by atoms with E-state index in [1.165, 1.54) is 95.8 Å². The first kappa shape index (κ1) is 38.1. The molecule has 4 heteroatoms. The normalized spacial score (nSPS) is 41.9. The van der Waals surface area contributed by atoms with E-state index in [2.05, 4.69) is 66.9 Å². The molecule has 5 rings (SSSR count). The number of fused-ring (bicyclic) bond motifs is 7. The number of carbonyl (C=O) groups excluding carboxylic acids is 2. The van der Waals surface area contributed by atoms with Gasteiger partial charge in [-0.25, -0.2) is 0 Å². The van der Waals surface area contributed by atoms with E-state index in [1.54, 1.807) is 6.92 Å². The standard InChI is InChI=1S/C44H75NO3/c1-13-27-45(14-2)28-15-21-44-24-18-32(30(3)4)38(44)33-16-17-35-41(10)22-20-36(48-37(47)29-39(6,7)31(5)46)40(8,9)34(41)19-23-43(35,12)42(33,11)25-26-44/h32-36,38H,3,13-29H2,1-2,4-12H3/t32-,33?,34-,35+,36?,38+,41?,42+,43?,44?/m0/s1. The van der Waals surface area contributed by atoms with Crippen LogP contribution in [-0.4, -0.2) is 42.4 Å². The summed E-state index contributed by atoms with van der Waals surface area (Å²) in [7, 11) is 0. The Hall–Kier alpha value is -1.16. The van der Waals surface area contributed by atoms with Gasteiger partial charge in [0, 0.05) is 10.8 Å². The maximum atomic E-state index is 13.2. The fourth-order valence-electron chi connectivity index (χ4n) is 14.0. The van der Waals surface area contributed by atoms with Crippen LogP contribution in [0.15, 0.2) is 12.2 Å². The molecule has 10 atom stereocenters. The fourth-order valence-corrected chi connectivity index (χ4v) is 14.0. The van der Waals surface area contributed by atoms with Gasteiger partial charge in [0.25, 0.3) is 0 Å². The fraction of sp³-hybridized carbons (Fsp3) is 0.909. The predicted molar refractivity (Wildman–Crippen MR) is 200 cm³/mol. The minimum Gasteiger partial charge on any atom is -0.462 e. The van der Waals surface area contributed by atoms with Crippen LogP contribution >= 0.6 is 0 Å². The number of ketones is 1. The Balaban J connectivity index is 1.37. The summed E-state index contributed by atoms with van der Waals surface area (Å²) in [5, 5.41) is 0. The van der Waals surface area contributed by atoms with E-state index in [-0.39, 0.29) is 35.1 Å². The molecule has 0 aliphatic heterocycles. The van der Waals surface area contributed by atoms with Crippen LogP contribution in [0.2, 0.25) is 0 Å². The molecule has 4 nitrogen and oxygen atoms in total. The second kappa shape index (κ2) is 13.4. The Morgan fingerprint density at radius 3 is 2.17 bits per heavy atom. The molecule has 5 aliphatic rings. The van der Waals surface area contributed by atoms with Gasteiger partial charge in [-0.3, -0.25) is 9.59 Å². The van der Waals surface area contributed by atoms with Crippen molar-refractivity contribution in [2.24, 2.45) is 62.1 Å². The number of hydrogen-bond donors (Lipinski definition) is 0. The highest BCUT2D eigenvalue weighted by Crippen LogP contribution is 2.78. The van der Waals surface area contributed by atoms with Crippen LogP contribution in [0, 0.1) is 62.1 Å². The third-order valence-electron chi connectivity index (χ3n) is 17.1. The van der Waals surface area contributed by atoms with Gasteiger partial charge in [-0.2, -0.15) is 0 Å². The molecule has 0 aromatic carbocycles. The van der Waals surface area contributed by atoms with Crippen LogP contribution in [-0.2, 0) is 14.3 Å². The molecule has 0 saturated heterocycles. The molecule has 0 amide bonds. The number of rotatable bonds is 12. The van der Waals surface area contributed by atoms with Crippen molar-refractivity contribution in [3.05, 3.63) is 12.2 Å². The molecule has 0 bridgehead atoms. The summed E-state index contributed by atoms with van der Waals surface area (Å²) in [5.41, 5.74) is 2.16. The number of esters is 1. The molecule has 0 heterocycles. The first-order chi connectivity index (χ1) is 22.3. The first-order valence-corrected chi connectivity index (χ1v) is 20.4. The largest absolute Gasteiger partial charge is 0.462 e. The van der Waals surface area contributed by atoms with Gasteiger partial charge < -0.3 is 9.64 Å². The molecule has 0 N–H and O–H groups in total. The highest BCUT2D eigenvalue weighted by molar-refractivity contribution is 5.86. The zero-order valence-corrected chi connectivity index (χ0v) is 33.4. The van der Waals surface area contributed by atoms with Crippen molar-refractivity contribution in [3.63, 3.8) is 0 Å². The Bertz CT molecular complexity index is 1220. The summed E-state index contributed by atoms with van der Waals surface area (Å²) >= 11 is 0. The van der Waals surface area contributed by atoms with Crippen LogP contribution in [0.25, 0.3) is 0 Å². The number of carbonyl (C=O) groups is 2. The maximum absolute atomic E-state index is 13.2. The van der Waals surface area contributed by atoms with Crippen molar-refractivity contribution in [2.45, 2.75) is 172 Å². The molecule has 5 aliphatic carbocycles. The molecule has 5 saturated carbocycles. The Kier molecular flexibility index (Phi) is 10.7. The lowest BCUT2D eigenvalue weighted by atomic mass is 9.32. The summed E-state index contributed by atoms with van der Waals surface area (Å²) in [4.78, 5) is 28.0. The molecule has 5 fully saturated rings. The predicted octanol–water partition coefficient (Wildman–Crippen LogP) is 11.1. The summed E-state index contributed by atoms with van der Waals surface area (Å²) in [6, 6.07) is 0. The smallest absolute Gasteiger partial charge is 0.307 e. The van der Waals surface area contributed by atoms with Crippen molar-refractivity contribution in [2.75, 3.05) is 19.6 Å². The monoisotopic (exact) mass is 666 g/mol. The van der Waals surface area contributed by atoms with Gasteiger partial charge in [-0.05, 0) is 168 Å². The van der Waals surface area contributed by atoms with E-state index in [0.29, 0.717) is 34.0 Å². The summed E-state index contributed by atoms with van der Waals surface area (Å²) in [6.07, 6.45) is 17.0. The Morgan fingerprint density at radius 1 is 0.833 bits per heavy atom. The van der Waals surface area contributed by atoms with E-state index < -0.39 is 5.41 Å². The van der Waals surface area contributed by atoms with Crippen molar-refractivity contribution in [3.8, 4) is 0 Å². The molecule has 5 unspecified atom stereocenters. The SMILES string of the molecule is C=C(C)[C@@H]1CCC2(CCCN(CC)CCC)CC[C@]3(C)C(CC[C@@H]4C5(C)CCC(OC(=O)CC(C)(C)C(C)=O)C(C)(C)[C@@H]5CCC43C)[C@@H]12. The molecule has 0 radical (unpaired) electrons. The zero-order chi connectivity index (χ0) is 35.5. The van der Waals surface area contributed by atoms with E-state index in [9.17, 15) is 9.59 Å². The van der Waals surface area contributed by atoms with Gasteiger partial charge in [0.15, 0.2) is 0 Å². The molecule has 0 aromatic heterocycles. The molecule has 48 heavy (non-hydrogen) atoms. The van der Waals surface area contributed by atoms with Gasteiger partial charge in [-0.15, -0.1) is 0 Å². The Morgan fingerprint density at radius 2 is 1.54 bits per heavy atom.